The Morgan fingerprint density at radius 2 is 2.16 bits per heavy atom. The largest absolute Gasteiger partial charge is 0.481 e. The van der Waals surface area contributed by atoms with E-state index < -0.39 is 16.9 Å². The number of nitro groups is 1. The van der Waals surface area contributed by atoms with Crippen LogP contribution in [0.25, 0.3) is 0 Å². The molecule has 0 radical (unpaired) electrons. The number of carboxylic acid groups (broad SMARTS) is 1. The van der Waals surface area contributed by atoms with Crippen LogP contribution >= 0.6 is 0 Å². The molecule has 2 N–H and O–H groups in total. The summed E-state index contributed by atoms with van der Waals surface area (Å²) in [6.45, 7) is 5.42. The van der Waals surface area contributed by atoms with Crippen molar-refractivity contribution in [1.29, 1.82) is 0 Å². The van der Waals surface area contributed by atoms with E-state index in [1.54, 1.807) is 13.0 Å². The fraction of sp³-hybridized carbons (Fsp3) is 0.500. The molecule has 19 heavy (non-hydrogen) atoms. The van der Waals surface area contributed by atoms with Gasteiger partial charge in [-0.3, -0.25) is 14.9 Å². The first-order valence-electron chi connectivity index (χ1n) is 5.91. The number of aromatic nitrogens is 1. The summed E-state index contributed by atoms with van der Waals surface area (Å²) >= 11 is 0. The number of carboxylic acids is 1. The predicted octanol–water partition coefficient (Wildman–Crippen LogP) is 2.21. The maximum atomic E-state index is 10.9. The zero-order valence-corrected chi connectivity index (χ0v) is 11.1. The Balaban J connectivity index is 3.04. The minimum absolute atomic E-state index is 0.0121. The number of anilines is 1. The van der Waals surface area contributed by atoms with Crippen LogP contribution in [0.4, 0.5) is 11.5 Å². The lowest BCUT2D eigenvalue weighted by molar-refractivity contribution is -0.384. The van der Waals surface area contributed by atoms with Crippen LogP contribution in [-0.4, -0.2) is 27.0 Å². The summed E-state index contributed by atoms with van der Waals surface area (Å²) in [4.78, 5) is 25.3. The fourth-order valence-corrected chi connectivity index (χ4v) is 1.62. The Labute approximate surface area is 110 Å². The SMILES string of the molecule is Cc1ccc([N+](=O)[O-])c(NC(CC(=O)O)C(C)C)n1. The normalized spacial score (nSPS) is 12.2. The van der Waals surface area contributed by atoms with E-state index in [1.165, 1.54) is 6.07 Å². The van der Waals surface area contributed by atoms with E-state index in [2.05, 4.69) is 10.3 Å². The minimum atomic E-state index is -0.957. The molecule has 0 aliphatic heterocycles. The Morgan fingerprint density at radius 1 is 1.53 bits per heavy atom. The van der Waals surface area contributed by atoms with Gasteiger partial charge in [0.2, 0.25) is 5.82 Å². The second kappa shape index (κ2) is 6.12. The molecule has 1 aromatic rings. The molecule has 1 atom stereocenters. The molecule has 7 heteroatoms. The third kappa shape index (κ3) is 4.20. The van der Waals surface area contributed by atoms with Gasteiger partial charge in [-0.2, -0.15) is 0 Å². The molecule has 7 nitrogen and oxygen atoms in total. The van der Waals surface area contributed by atoms with Crippen molar-refractivity contribution < 1.29 is 14.8 Å². The van der Waals surface area contributed by atoms with Gasteiger partial charge in [0, 0.05) is 17.8 Å². The summed E-state index contributed by atoms with van der Waals surface area (Å²) in [5, 5.41) is 22.6. The Bertz CT molecular complexity index is 488. The third-order valence-corrected chi connectivity index (χ3v) is 2.73. The van der Waals surface area contributed by atoms with E-state index in [9.17, 15) is 14.9 Å². The zero-order chi connectivity index (χ0) is 14.6. The quantitative estimate of drug-likeness (QED) is 0.604. The van der Waals surface area contributed by atoms with E-state index in [0.29, 0.717) is 5.69 Å². The van der Waals surface area contributed by atoms with Gasteiger partial charge in [-0.25, -0.2) is 4.98 Å². The second-order valence-corrected chi connectivity index (χ2v) is 4.67. The molecule has 0 bridgehead atoms. The molecule has 0 saturated carbocycles. The van der Waals surface area contributed by atoms with Crippen LogP contribution < -0.4 is 5.32 Å². The van der Waals surface area contributed by atoms with Crippen LogP contribution in [0.2, 0.25) is 0 Å². The second-order valence-electron chi connectivity index (χ2n) is 4.67. The Morgan fingerprint density at radius 3 is 2.63 bits per heavy atom. The van der Waals surface area contributed by atoms with Gasteiger partial charge in [0.25, 0.3) is 0 Å². The molecule has 0 fully saturated rings. The fourth-order valence-electron chi connectivity index (χ4n) is 1.62. The Kier molecular flexibility index (Phi) is 4.80. The van der Waals surface area contributed by atoms with Crippen LogP contribution in [0, 0.1) is 23.0 Å². The van der Waals surface area contributed by atoms with Gasteiger partial charge in [0.1, 0.15) is 0 Å². The summed E-state index contributed by atoms with van der Waals surface area (Å²) in [6, 6.07) is 2.50. The first-order chi connectivity index (χ1) is 8.81. The van der Waals surface area contributed by atoms with Gasteiger partial charge in [-0.05, 0) is 18.9 Å². The van der Waals surface area contributed by atoms with Crippen molar-refractivity contribution in [2.75, 3.05) is 5.32 Å². The van der Waals surface area contributed by atoms with E-state index >= 15 is 0 Å². The molecule has 0 spiro atoms. The van der Waals surface area contributed by atoms with Crippen molar-refractivity contribution >= 4 is 17.5 Å². The summed E-state index contributed by atoms with van der Waals surface area (Å²) in [5.41, 5.74) is 0.479. The predicted molar refractivity (Wildman–Crippen MR) is 70.1 cm³/mol. The van der Waals surface area contributed by atoms with E-state index in [-0.39, 0.29) is 23.8 Å². The van der Waals surface area contributed by atoms with Gasteiger partial charge in [0.05, 0.1) is 11.3 Å². The van der Waals surface area contributed by atoms with Crippen molar-refractivity contribution in [1.82, 2.24) is 4.98 Å². The van der Waals surface area contributed by atoms with Crippen LogP contribution in [-0.2, 0) is 4.79 Å². The molecule has 0 aromatic carbocycles. The first kappa shape index (κ1) is 14.9. The van der Waals surface area contributed by atoms with E-state index in [4.69, 9.17) is 5.11 Å². The average Bonchev–Trinajstić information content (AvgIpc) is 2.26. The molecule has 1 aromatic heterocycles. The van der Waals surface area contributed by atoms with Gasteiger partial charge in [-0.1, -0.05) is 13.8 Å². The summed E-state index contributed by atoms with van der Waals surface area (Å²) < 4.78 is 0. The Hall–Kier alpha value is -2.18. The maximum Gasteiger partial charge on any atom is 0.311 e. The lowest BCUT2D eigenvalue weighted by atomic mass is 10.0. The van der Waals surface area contributed by atoms with Crippen molar-refractivity contribution in [3.63, 3.8) is 0 Å². The summed E-state index contributed by atoms with van der Waals surface area (Å²) in [7, 11) is 0. The molecule has 0 amide bonds. The number of hydrogen-bond donors (Lipinski definition) is 2. The number of hydrogen-bond acceptors (Lipinski definition) is 5. The topological polar surface area (TPSA) is 105 Å². The lowest BCUT2D eigenvalue weighted by Gasteiger charge is -2.21. The average molecular weight is 267 g/mol. The van der Waals surface area contributed by atoms with Crippen LogP contribution in [0.5, 0.6) is 0 Å². The number of rotatable bonds is 6. The van der Waals surface area contributed by atoms with Gasteiger partial charge < -0.3 is 10.4 Å². The highest BCUT2D eigenvalue weighted by molar-refractivity contribution is 5.68. The number of nitrogens with one attached hydrogen (secondary N) is 1. The van der Waals surface area contributed by atoms with E-state index in [1.807, 2.05) is 13.8 Å². The standard InChI is InChI=1S/C12H17N3O4/c1-7(2)9(6-11(16)17)14-12-10(15(18)19)5-4-8(3)13-12/h4-5,7,9H,6H2,1-3H3,(H,13,14)(H,16,17). The zero-order valence-electron chi connectivity index (χ0n) is 11.1. The lowest BCUT2D eigenvalue weighted by Crippen LogP contribution is -2.29. The number of aryl methyl sites for hydroxylation is 1. The molecule has 104 valence electrons. The monoisotopic (exact) mass is 267 g/mol. The molecular formula is C12H17N3O4. The molecule has 1 unspecified atom stereocenters. The van der Waals surface area contributed by atoms with Crippen molar-refractivity contribution in [2.45, 2.75) is 33.2 Å². The van der Waals surface area contributed by atoms with Gasteiger partial charge >= 0.3 is 11.7 Å². The number of pyridine rings is 1. The number of aliphatic carboxylic acids is 1. The van der Waals surface area contributed by atoms with Gasteiger partial charge in [-0.15, -0.1) is 0 Å². The van der Waals surface area contributed by atoms with Crippen LogP contribution in [0.15, 0.2) is 12.1 Å². The molecule has 1 heterocycles. The number of nitrogens with zero attached hydrogens (tertiary/aromatic N) is 2. The third-order valence-electron chi connectivity index (χ3n) is 2.73. The molecule has 0 saturated heterocycles. The minimum Gasteiger partial charge on any atom is -0.481 e. The highest BCUT2D eigenvalue weighted by atomic mass is 16.6. The summed E-state index contributed by atoms with van der Waals surface area (Å²) in [5.74, 6) is -0.829. The first-order valence-corrected chi connectivity index (χ1v) is 5.91. The van der Waals surface area contributed by atoms with Crippen molar-refractivity contribution in [2.24, 2.45) is 5.92 Å². The highest BCUT2D eigenvalue weighted by Gasteiger charge is 2.22. The molecular weight excluding hydrogens is 250 g/mol. The molecule has 0 aliphatic carbocycles. The highest BCUT2D eigenvalue weighted by Crippen LogP contribution is 2.24. The van der Waals surface area contributed by atoms with Crippen LogP contribution in [0.1, 0.15) is 26.0 Å². The molecule has 0 aliphatic rings. The maximum absolute atomic E-state index is 10.9. The van der Waals surface area contributed by atoms with Crippen molar-refractivity contribution in [3.05, 3.63) is 27.9 Å². The smallest absolute Gasteiger partial charge is 0.311 e. The van der Waals surface area contributed by atoms with Gasteiger partial charge in [0.15, 0.2) is 0 Å². The molecule has 1 rings (SSSR count). The summed E-state index contributed by atoms with van der Waals surface area (Å²) in [6.07, 6.45) is -0.121. The van der Waals surface area contributed by atoms with E-state index in [0.717, 1.165) is 0 Å². The van der Waals surface area contributed by atoms with Crippen LogP contribution in [0.3, 0.4) is 0 Å². The number of carbonyl (C=O) groups is 1. The van der Waals surface area contributed by atoms with Crippen molar-refractivity contribution in [3.8, 4) is 0 Å².